The number of imidazole rings is 1. The molecular formula is C22H15N7OS. The lowest BCUT2D eigenvalue weighted by Gasteiger charge is -2.01. The number of hydrogen-bond acceptors (Lipinski definition) is 7. The molecule has 0 atom stereocenters. The van der Waals surface area contributed by atoms with Crippen LogP contribution in [-0.4, -0.2) is 40.2 Å². The average molecular weight is 425 g/mol. The Morgan fingerprint density at radius 3 is 2.65 bits per heavy atom. The van der Waals surface area contributed by atoms with Crippen molar-refractivity contribution in [3.05, 3.63) is 60.0 Å². The van der Waals surface area contributed by atoms with Crippen molar-refractivity contribution < 1.29 is 5.11 Å². The number of hydrogen-bond donors (Lipinski definition) is 3. The van der Waals surface area contributed by atoms with E-state index in [1.165, 1.54) is 11.1 Å². The van der Waals surface area contributed by atoms with Gasteiger partial charge < -0.3 is 10.1 Å². The van der Waals surface area contributed by atoms with E-state index in [2.05, 4.69) is 44.2 Å². The first-order valence-corrected chi connectivity index (χ1v) is 10.4. The summed E-state index contributed by atoms with van der Waals surface area (Å²) in [5.74, 6) is 0.704. The van der Waals surface area contributed by atoms with Gasteiger partial charge in [0.25, 0.3) is 0 Å². The molecule has 0 radical (unpaired) electrons. The number of aromatic nitrogens is 7. The molecule has 6 aromatic heterocycles. The third kappa shape index (κ3) is 2.94. The largest absolute Gasteiger partial charge is 0.506 e. The van der Waals surface area contributed by atoms with Crippen molar-refractivity contribution in [3.63, 3.8) is 0 Å². The lowest BCUT2D eigenvalue weighted by molar-refractivity contribution is 0.473. The van der Waals surface area contributed by atoms with Crippen LogP contribution >= 0.6 is 11.3 Å². The molecule has 0 saturated carbocycles. The monoisotopic (exact) mass is 425 g/mol. The summed E-state index contributed by atoms with van der Waals surface area (Å²) >= 11 is 1.71. The van der Waals surface area contributed by atoms with Gasteiger partial charge in [0, 0.05) is 33.3 Å². The number of fused-ring (bicyclic) bond motifs is 2. The Balaban J connectivity index is 1.51. The lowest BCUT2D eigenvalue weighted by atomic mass is 10.1. The topological polar surface area (TPSA) is 116 Å². The van der Waals surface area contributed by atoms with Gasteiger partial charge in [-0.3, -0.25) is 15.1 Å². The van der Waals surface area contributed by atoms with Gasteiger partial charge in [0.1, 0.15) is 16.8 Å². The molecule has 150 valence electrons. The summed E-state index contributed by atoms with van der Waals surface area (Å²) in [6.07, 6.45) is 6.66. The van der Waals surface area contributed by atoms with Gasteiger partial charge in [-0.2, -0.15) is 5.10 Å². The number of H-pyrrole nitrogens is 2. The number of nitrogens with zero attached hydrogens (tertiary/aromatic N) is 5. The summed E-state index contributed by atoms with van der Waals surface area (Å²) in [4.78, 5) is 23.7. The van der Waals surface area contributed by atoms with Gasteiger partial charge in [-0.1, -0.05) is 0 Å². The first kappa shape index (κ1) is 17.7. The van der Waals surface area contributed by atoms with Crippen LogP contribution in [0.4, 0.5) is 0 Å². The average Bonchev–Trinajstić information content (AvgIpc) is 3.50. The minimum atomic E-state index is 0.0907. The molecule has 0 aliphatic heterocycles. The molecule has 0 fully saturated rings. The van der Waals surface area contributed by atoms with E-state index in [1.54, 1.807) is 29.8 Å². The number of rotatable bonds is 3. The van der Waals surface area contributed by atoms with Crippen LogP contribution in [0.3, 0.4) is 0 Å². The van der Waals surface area contributed by atoms with E-state index in [9.17, 15) is 5.11 Å². The smallest absolute Gasteiger partial charge is 0.161 e. The molecule has 0 saturated heterocycles. The lowest BCUT2D eigenvalue weighted by Crippen LogP contribution is -1.87. The van der Waals surface area contributed by atoms with Gasteiger partial charge in [-0.25, -0.2) is 9.97 Å². The third-order valence-electron chi connectivity index (χ3n) is 5.05. The fraction of sp³-hybridized carbons (Fsp3) is 0.0455. The van der Waals surface area contributed by atoms with Gasteiger partial charge in [-0.05, 0) is 37.3 Å². The fourth-order valence-corrected chi connectivity index (χ4v) is 4.48. The van der Waals surface area contributed by atoms with Crippen molar-refractivity contribution >= 4 is 33.4 Å². The highest BCUT2D eigenvalue weighted by atomic mass is 32.1. The summed E-state index contributed by atoms with van der Waals surface area (Å²) in [5, 5.41) is 17.2. The van der Waals surface area contributed by atoms with Crippen LogP contribution in [0, 0.1) is 6.92 Å². The molecule has 31 heavy (non-hydrogen) atoms. The highest BCUT2D eigenvalue weighted by Gasteiger charge is 2.17. The predicted octanol–water partition coefficient (Wildman–Crippen LogP) is 4.70. The Kier molecular flexibility index (Phi) is 3.84. The van der Waals surface area contributed by atoms with Crippen molar-refractivity contribution in [1.82, 2.24) is 35.1 Å². The zero-order chi connectivity index (χ0) is 20.9. The maximum Gasteiger partial charge on any atom is 0.161 e. The van der Waals surface area contributed by atoms with Crippen LogP contribution in [0.15, 0.2) is 55.1 Å². The number of thiophene rings is 1. The Bertz CT molecular complexity index is 1580. The molecule has 8 nitrogen and oxygen atoms in total. The van der Waals surface area contributed by atoms with Crippen LogP contribution < -0.4 is 0 Å². The maximum atomic E-state index is 9.75. The zero-order valence-electron chi connectivity index (χ0n) is 16.3. The standard InChI is InChI=1S/C22H15N7OS/c1-11-2-5-18(31-11)14-9-24-10-17-19(14)27-22(26-17)21-20-16(28-29-21)4-3-15(25-20)12-6-13(30)8-23-7-12/h2-10,30H,1H3,(H,26,27)(H,28,29). The highest BCUT2D eigenvalue weighted by Crippen LogP contribution is 2.34. The molecule has 0 unspecified atom stereocenters. The van der Waals surface area contributed by atoms with Crippen LogP contribution in [0.2, 0.25) is 0 Å². The molecule has 0 aromatic carbocycles. The van der Waals surface area contributed by atoms with Gasteiger partial charge in [0.15, 0.2) is 11.5 Å². The van der Waals surface area contributed by atoms with E-state index < -0.39 is 0 Å². The van der Waals surface area contributed by atoms with Crippen LogP contribution in [-0.2, 0) is 0 Å². The third-order valence-corrected chi connectivity index (χ3v) is 6.09. The number of aromatic hydroxyl groups is 1. The number of pyridine rings is 3. The van der Waals surface area contributed by atoms with Crippen molar-refractivity contribution in [3.8, 4) is 39.0 Å². The summed E-state index contributed by atoms with van der Waals surface area (Å²) in [6, 6.07) is 9.58. The second-order valence-corrected chi connectivity index (χ2v) is 8.46. The molecule has 6 rings (SSSR count). The van der Waals surface area contributed by atoms with Crippen LogP contribution in [0.1, 0.15) is 4.88 Å². The van der Waals surface area contributed by atoms with Crippen molar-refractivity contribution in [2.75, 3.05) is 0 Å². The van der Waals surface area contributed by atoms with Gasteiger partial charge in [0.2, 0.25) is 0 Å². The Morgan fingerprint density at radius 2 is 1.81 bits per heavy atom. The van der Waals surface area contributed by atoms with Crippen LogP contribution in [0.5, 0.6) is 5.75 Å². The number of aryl methyl sites for hydroxylation is 1. The van der Waals surface area contributed by atoms with Crippen LogP contribution in [0.25, 0.3) is 55.3 Å². The van der Waals surface area contributed by atoms with E-state index >= 15 is 0 Å². The Hall–Kier alpha value is -4.11. The molecule has 9 heteroatoms. The molecule has 0 spiro atoms. The first-order valence-electron chi connectivity index (χ1n) is 9.56. The molecule has 0 bridgehead atoms. The summed E-state index contributed by atoms with van der Waals surface area (Å²) in [7, 11) is 0. The molecule has 6 heterocycles. The molecule has 6 aromatic rings. The summed E-state index contributed by atoms with van der Waals surface area (Å²) < 4.78 is 0. The summed E-state index contributed by atoms with van der Waals surface area (Å²) in [6.45, 7) is 2.08. The Labute approximate surface area is 179 Å². The molecule has 0 aliphatic carbocycles. The van der Waals surface area contributed by atoms with Gasteiger partial charge in [-0.15, -0.1) is 11.3 Å². The molecule has 3 N–H and O–H groups in total. The van der Waals surface area contributed by atoms with Gasteiger partial charge in [0.05, 0.1) is 29.1 Å². The second-order valence-electron chi connectivity index (χ2n) is 7.18. The molecule has 0 amide bonds. The summed E-state index contributed by atoms with van der Waals surface area (Å²) in [5.41, 5.74) is 6.16. The van der Waals surface area contributed by atoms with Crippen molar-refractivity contribution in [2.45, 2.75) is 6.92 Å². The maximum absolute atomic E-state index is 9.75. The quantitative estimate of drug-likeness (QED) is 0.378. The van der Waals surface area contributed by atoms with E-state index in [4.69, 9.17) is 9.97 Å². The second kappa shape index (κ2) is 6.71. The van der Waals surface area contributed by atoms with E-state index in [0.29, 0.717) is 22.7 Å². The Morgan fingerprint density at radius 1 is 0.903 bits per heavy atom. The number of nitrogens with one attached hydrogen (secondary N) is 2. The SMILES string of the molecule is Cc1ccc(-c2cncc3[nH]c(-c4n[nH]c5ccc(-c6cncc(O)c6)nc45)nc23)s1. The van der Waals surface area contributed by atoms with E-state index in [1.807, 2.05) is 18.3 Å². The predicted molar refractivity (Wildman–Crippen MR) is 120 cm³/mol. The molecule has 0 aliphatic rings. The minimum Gasteiger partial charge on any atom is -0.506 e. The van der Waals surface area contributed by atoms with E-state index in [-0.39, 0.29) is 5.75 Å². The minimum absolute atomic E-state index is 0.0907. The number of aromatic amines is 2. The van der Waals surface area contributed by atoms with E-state index in [0.717, 1.165) is 32.6 Å². The van der Waals surface area contributed by atoms with Crippen molar-refractivity contribution in [1.29, 1.82) is 0 Å². The fourth-order valence-electron chi connectivity index (χ4n) is 3.60. The van der Waals surface area contributed by atoms with Gasteiger partial charge >= 0.3 is 0 Å². The zero-order valence-corrected chi connectivity index (χ0v) is 17.1. The van der Waals surface area contributed by atoms with Crippen molar-refractivity contribution in [2.24, 2.45) is 0 Å². The normalized spacial score (nSPS) is 11.5. The molecular weight excluding hydrogens is 410 g/mol. The first-order chi connectivity index (χ1) is 15.2. The highest BCUT2D eigenvalue weighted by molar-refractivity contribution is 7.15.